The molecule has 23 heavy (non-hydrogen) atoms. The molecule has 1 amide bonds. The van der Waals surface area contributed by atoms with E-state index in [0.29, 0.717) is 10.8 Å². The maximum absolute atomic E-state index is 12.3. The quantitative estimate of drug-likeness (QED) is 0.869. The predicted molar refractivity (Wildman–Crippen MR) is 91.1 cm³/mol. The minimum absolute atomic E-state index is 0.191. The summed E-state index contributed by atoms with van der Waals surface area (Å²) < 4.78 is 10.9. The number of hydrogen-bond donors (Lipinski definition) is 1. The van der Waals surface area contributed by atoms with Gasteiger partial charge in [-0.25, -0.2) is 0 Å². The van der Waals surface area contributed by atoms with Gasteiger partial charge in [0, 0.05) is 10.6 Å². The SMILES string of the molecule is COc1ccccc1C(C)NC(=O)C(C)Oc1cccc(Cl)c1. The summed E-state index contributed by atoms with van der Waals surface area (Å²) in [6.07, 6.45) is -0.634. The lowest BCUT2D eigenvalue weighted by Gasteiger charge is -2.20. The Balaban J connectivity index is 2.00. The molecule has 2 rings (SSSR count). The Hall–Kier alpha value is -2.20. The molecule has 0 saturated carbocycles. The Morgan fingerprint density at radius 1 is 1.13 bits per heavy atom. The second kappa shape index (κ2) is 7.88. The van der Waals surface area contributed by atoms with Crippen molar-refractivity contribution in [2.75, 3.05) is 7.11 Å². The van der Waals surface area contributed by atoms with Crippen LogP contribution in [-0.2, 0) is 4.79 Å². The van der Waals surface area contributed by atoms with E-state index in [0.717, 1.165) is 11.3 Å². The van der Waals surface area contributed by atoms with Crippen LogP contribution in [0.4, 0.5) is 0 Å². The highest BCUT2D eigenvalue weighted by Gasteiger charge is 2.19. The van der Waals surface area contributed by atoms with E-state index in [1.165, 1.54) is 0 Å². The zero-order chi connectivity index (χ0) is 16.8. The highest BCUT2D eigenvalue weighted by atomic mass is 35.5. The Morgan fingerprint density at radius 2 is 1.87 bits per heavy atom. The molecule has 2 atom stereocenters. The first-order valence-electron chi connectivity index (χ1n) is 7.36. The molecule has 0 bridgehead atoms. The smallest absolute Gasteiger partial charge is 0.261 e. The molecule has 0 spiro atoms. The number of benzene rings is 2. The molecule has 0 radical (unpaired) electrons. The number of carbonyl (C=O) groups excluding carboxylic acids is 1. The second-order valence-electron chi connectivity index (χ2n) is 5.19. The van der Waals surface area contributed by atoms with Crippen LogP contribution in [0.3, 0.4) is 0 Å². The van der Waals surface area contributed by atoms with Gasteiger partial charge in [-0.1, -0.05) is 35.9 Å². The van der Waals surface area contributed by atoms with E-state index in [4.69, 9.17) is 21.1 Å². The summed E-state index contributed by atoms with van der Waals surface area (Å²) in [5, 5.41) is 3.50. The monoisotopic (exact) mass is 333 g/mol. The van der Waals surface area contributed by atoms with Crippen molar-refractivity contribution >= 4 is 17.5 Å². The van der Waals surface area contributed by atoms with Crippen molar-refractivity contribution in [2.24, 2.45) is 0 Å². The lowest BCUT2D eigenvalue weighted by Crippen LogP contribution is -2.37. The van der Waals surface area contributed by atoms with Crippen LogP contribution >= 0.6 is 11.6 Å². The first kappa shape index (κ1) is 17.2. The van der Waals surface area contributed by atoms with Crippen molar-refractivity contribution in [2.45, 2.75) is 26.0 Å². The molecule has 0 aromatic heterocycles. The first-order chi connectivity index (χ1) is 11.0. The number of methoxy groups -OCH3 is 1. The molecular weight excluding hydrogens is 314 g/mol. The molecule has 5 heteroatoms. The van der Waals surface area contributed by atoms with Crippen molar-refractivity contribution in [3.8, 4) is 11.5 Å². The van der Waals surface area contributed by atoms with Gasteiger partial charge in [-0.15, -0.1) is 0 Å². The molecule has 4 nitrogen and oxygen atoms in total. The molecular formula is C18H20ClNO3. The fourth-order valence-electron chi connectivity index (χ4n) is 2.23. The van der Waals surface area contributed by atoms with E-state index < -0.39 is 6.10 Å². The standard InChI is InChI=1S/C18H20ClNO3/c1-12(16-9-4-5-10-17(16)22-3)20-18(21)13(2)23-15-8-6-7-14(19)11-15/h4-13H,1-3H3,(H,20,21). The zero-order valence-corrected chi connectivity index (χ0v) is 14.1. The van der Waals surface area contributed by atoms with E-state index in [1.807, 2.05) is 31.2 Å². The highest BCUT2D eigenvalue weighted by molar-refractivity contribution is 6.30. The van der Waals surface area contributed by atoms with Gasteiger partial charge >= 0.3 is 0 Å². The number of halogens is 1. The molecule has 0 saturated heterocycles. The van der Waals surface area contributed by atoms with Crippen molar-refractivity contribution < 1.29 is 14.3 Å². The van der Waals surface area contributed by atoms with Crippen LogP contribution in [0.2, 0.25) is 5.02 Å². The van der Waals surface area contributed by atoms with E-state index >= 15 is 0 Å². The fraction of sp³-hybridized carbons (Fsp3) is 0.278. The van der Waals surface area contributed by atoms with Gasteiger partial charge in [0.15, 0.2) is 6.10 Å². The Morgan fingerprint density at radius 3 is 2.57 bits per heavy atom. The molecule has 0 aliphatic rings. The highest BCUT2D eigenvalue weighted by Crippen LogP contribution is 2.24. The summed E-state index contributed by atoms with van der Waals surface area (Å²) >= 11 is 5.91. The van der Waals surface area contributed by atoms with Crippen molar-refractivity contribution in [1.29, 1.82) is 0 Å². The van der Waals surface area contributed by atoms with Crippen LogP contribution < -0.4 is 14.8 Å². The van der Waals surface area contributed by atoms with E-state index in [9.17, 15) is 4.79 Å². The average molecular weight is 334 g/mol. The number of rotatable bonds is 6. The predicted octanol–water partition coefficient (Wildman–Crippen LogP) is 3.99. The van der Waals surface area contributed by atoms with Crippen LogP contribution in [0.1, 0.15) is 25.5 Å². The van der Waals surface area contributed by atoms with E-state index in [-0.39, 0.29) is 11.9 Å². The van der Waals surface area contributed by atoms with Crippen LogP contribution in [0.15, 0.2) is 48.5 Å². The zero-order valence-electron chi connectivity index (χ0n) is 13.4. The van der Waals surface area contributed by atoms with E-state index in [1.54, 1.807) is 38.3 Å². The molecule has 2 aromatic carbocycles. The summed E-state index contributed by atoms with van der Waals surface area (Å²) in [7, 11) is 1.61. The molecule has 122 valence electrons. The van der Waals surface area contributed by atoms with Crippen molar-refractivity contribution in [3.63, 3.8) is 0 Å². The number of hydrogen-bond acceptors (Lipinski definition) is 3. The van der Waals surface area contributed by atoms with Gasteiger partial charge in [-0.2, -0.15) is 0 Å². The van der Waals surface area contributed by atoms with Gasteiger partial charge in [0.1, 0.15) is 11.5 Å². The number of amides is 1. The third-order valence-electron chi connectivity index (χ3n) is 3.44. The first-order valence-corrected chi connectivity index (χ1v) is 7.74. The fourth-order valence-corrected chi connectivity index (χ4v) is 2.41. The maximum Gasteiger partial charge on any atom is 0.261 e. The summed E-state index contributed by atoms with van der Waals surface area (Å²) in [6.45, 7) is 3.60. The number of nitrogens with one attached hydrogen (secondary N) is 1. The topological polar surface area (TPSA) is 47.6 Å². The normalized spacial score (nSPS) is 13.0. The lowest BCUT2D eigenvalue weighted by molar-refractivity contribution is -0.127. The second-order valence-corrected chi connectivity index (χ2v) is 5.63. The summed E-state index contributed by atoms with van der Waals surface area (Å²) in [4.78, 5) is 12.3. The molecule has 0 fully saturated rings. The van der Waals surface area contributed by atoms with Gasteiger partial charge in [0.25, 0.3) is 5.91 Å². The molecule has 0 aliphatic carbocycles. The lowest BCUT2D eigenvalue weighted by atomic mass is 10.1. The molecule has 2 aromatic rings. The van der Waals surface area contributed by atoms with Gasteiger partial charge < -0.3 is 14.8 Å². The van der Waals surface area contributed by atoms with Gasteiger partial charge in [0.05, 0.1) is 13.2 Å². The Labute approximate surface area is 141 Å². The Kier molecular flexibility index (Phi) is 5.88. The summed E-state index contributed by atoms with van der Waals surface area (Å²) in [5.74, 6) is 1.09. The molecule has 2 unspecified atom stereocenters. The molecule has 0 heterocycles. The number of carbonyl (C=O) groups is 1. The third-order valence-corrected chi connectivity index (χ3v) is 3.68. The average Bonchev–Trinajstić information content (AvgIpc) is 2.54. The van der Waals surface area contributed by atoms with E-state index in [2.05, 4.69) is 5.32 Å². The summed E-state index contributed by atoms with van der Waals surface area (Å²) in [5.41, 5.74) is 0.915. The number of para-hydroxylation sites is 1. The van der Waals surface area contributed by atoms with Crippen molar-refractivity contribution in [3.05, 3.63) is 59.1 Å². The van der Waals surface area contributed by atoms with Crippen LogP contribution in [0.25, 0.3) is 0 Å². The third kappa shape index (κ3) is 4.63. The van der Waals surface area contributed by atoms with Crippen LogP contribution in [0.5, 0.6) is 11.5 Å². The Bertz CT molecular complexity index is 675. The minimum Gasteiger partial charge on any atom is -0.496 e. The van der Waals surface area contributed by atoms with Crippen molar-refractivity contribution in [1.82, 2.24) is 5.32 Å². The number of ether oxygens (including phenoxy) is 2. The molecule has 1 N–H and O–H groups in total. The van der Waals surface area contributed by atoms with Crippen LogP contribution in [-0.4, -0.2) is 19.1 Å². The van der Waals surface area contributed by atoms with Gasteiger partial charge in [-0.05, 0) is 38.1 Å². The van der Waals surface area contributed by atoms with Gasteiger partial charge in [-0.3, -0.25) is 4.79 Å². The maximum atomic E-state index is 12.3. The van der Waals surface area contributed by atoms with Gasteiger partial charge in [0.2, 0.25) is 0 Å². The molecule has 0 aliphatic heterocycles. The minimum atomic E-state index is -0.634. The summed E-state index contributed by atoms with van der Waals surface area (Å²) in [6, 6.07) is 14.4. The van der Waals surface area contributed by atoms with Crippen LogP contribution in [0, 0.1) is 0 Å². The largest absolute Gasteiger partial charge is 0.496 e.